The van der Waals surface area contributed by atoms with Gasteiger partial charge in [0.2, 0.25) is 0 Å². The van der Waals surface area contributed by atoms with Crippen molar-refractivity contribution in [3.63, 3.8) is 0 Å². The van der Waals surface area contributed by atoms with E-state index in [2.05, 4.69) is 10.2 Å². The molecule has 0 saturated carbocycles. The number of nitrogens with zero attached hydrogens (tertiary/aromatic N) is 3. The molecule has 1 aliphatic heterocycles. The fourth-order valence-corrected chi connectivity index (χ4v) is 2.74. The highest BCUT2D eigenvalue weighted by Gasteiger charge is 2.30. The van der Waals surface area contributed by atoms with Crippen LogP contribution in [0.1, 0.15) is 16.9 Å². The quantitative estimate of drug-likeness (QED) is 0.865. The van der Waals surface area contributed by atoms with Crippen molar-refractivity contribution in [2.24, 2.45) is 7.05 Å². The number of rotatable bonds is 4. The van der Waals surface area contributed by atoms with Crippen LogP contribution < -0.4 is 0 Å². The smallest absolute Gasteiger partial charge is 0.305 e. The summed E-state index contributed by atoms with van der Waals surface area (Å²) in [4.78, 5) is 25.2. The summed E-state index contributed by atoms with van der Waals surface area (Å²) < 4.78 is 7.20. The Labute approximate surface area is 132 Å². The third kappa shape index (κ3) is 3.11. The first-order valence-electron chi connectivity index (χ1n) is 7.34. The molecule has 0 spiro atoms. The molecule has 8 heteroatoms. The van der Waals surface area contributed by atoms with E-state index in [1.54, 1.807) is 11.0 Å². The Morgan fingerprint density at radius 3 is 3.04 bits per heavy atom. The van der Waals surface area contributed by atoms with Crippen LogP contribution in [0.5, 0.6) is 0 Å². The molecule has 1 atom stereocenters. The Balaban J connectivity index is 1.80. The number of morpholine rings is 1. The molecule has 1 amide bonds. The zero-order valence-electron chi connectivity index (χ0n) is 12.7. The first-order valence-corrected chi connectivity index (χ1v) is 7.34. The number of aliphatic carboxylic acids is 1. The molecule has 8 nitrogen and oxygen atoms in total. The third-order valence-corrected chi connectivity index (χ3v) is 3.91. The van der Waals surface area contributed by atoms with E-state index in [0.29, 0.717) is 24.5 Å². The van der Waals surface area contributed by atoms with E-state index < -0.39 is 12.0 Å². The van der Waals surface area contributed by atoms with Gasteiger partial charge in [0.1, 0.15) is 11.4 Å². The van der Waals surface area contributed by atoms with E-state index in [4.69, 9.17) is 9.84 Å². The lowest BCUT2D eigenvalue weighted by Gasteiger charge is -2.34. The number of hydrogen-bond acceptors (Lipinski definition) is 4. The lowest BCUT2D eigenvalue weighted by atomic mass is 10.1. The van der Waals surface area contributed by atoms with Crippen LogP contribution in [0, 0.1) is 0 Å². The van der Waals surface area contributed by atoms with E-state index in [9.17, 15) is 9.59 Å². The average molecular weight is 318 g/mol. The number of carbonyl (C=O) groups excluding carboxylic acids is 1. The highest BCUT2D eigenvalue weighted by atomic mass is 16.5. The Morgan fingerprint density at radius 1 is 1.52 bits per heavy atom. The van der Waals surface area contributed by atoms with Gasteiger partial charge < -0.3 is 19.3 Å². The number of aryl methyl sites for hydroxylation is 1. The molecule has 0 radical (unpaired) electrons. The topological polar surface area (TPSA) is 100 Å². The maximum Gasteiger partial charge on any atom is 0.305 e. The molecule has 122 valence electrons. The van der Waals surface area contributed by atoms with Gasteiger partial charge in [-0.2, -0.15) is 5.10 Å². The summed E-state index contributed by atoms with van der Waals surface area (Å²) in [5.74, 6) is -1.21. The van der Waals surface area contributed by atoms with Crippen molar-refractivity contribution < 1.29 is 19.4 Å². The van der Waals surface area contributed by atoms with Crippen molar-refractivity contribution in [3.8, 4) is 11.4 Å². The average Bonchev–Trinajstić information content (AvgIpc) is 3.15. The van der Waals surface area contributed by atoms with E-state index in [1.807, 2.05) is 29.9 Å². The zero-order chi connectivity index (χ0) is 16.4. The molecule has 1 unspecified atom stereocenters. The predicted molar refractivity (Wildman–Crippen MR) is 80.9 cm³/mol. The first kappa shape index (κ1) is 15.3. The fraction of sp³-hybridized carbons (Fsp3) is 0.400. The highest BCUT2D eigenvalue weighted by molar-refractivity contribution is 5.93. The number of carboxylic acid groups (broad SMARTS) is 1. The second kappa shape index (κ2) is 6.25. The van der Waals surface area contributed by atoms with Crippen LogP contribution in [0.3, 0.4) is 0 Å². The molecule has 1 aliphatic rings. The molecule has 2 N–H and O–H groups in total. The SMILES string of the molecule is Cn1cccc1-c1cc(C(=O)N2CCOCC2CC(=O)O)[nH]n1. The van der Waals surface area contributed by atoms with Crippen LogP contribution in [-0.2, 0) is 16.6 Å². The predicted octanol–water partition coefficient (Wildman–Crippen LogP) is 0.731. The van der Waals surface area contributed by atoms with Gasteiger partial charge in [0.25, 0.3) is 5.91 Å². The molecule has 23 heavy (non-hydrogen) atoms. The first-order chi connectivity index (χ1) is 11.1. The van der Waals surface area contributed by atoms with E-state index in [-0.39, 0.29) is 18.9 Å². The molecule has 1 saturated heterocycles. The largest absolute Gasteiger partial charge is 0.481 e. The van der Waals surface area contributed by atoms with Gasteiger partial charge in [0.15, 0.2) is 0 Å². The fourth-order valence-electron chi connectivity index (χ4n) is 2.74. The molecule has 0 bridgehead atoms. The van der Waals surface area contributed by atoms with Gasteiger partial charge in [0.05, 0.1) is 31.4 Å². The Morgan fingerprint density at radius 2 is 2.35 bits per heavy atom. The number of ether oxygens (including phenoxy) is 1. The molecule has 1 fully saturated rings. The van der Waals surface area contributed by atoms with Crippen LogP contribution in [0.25, 0.3) is 11.4 Å². The monoisotopic (exact) mass is 318 g/mol. The van der Waals surface area contributed by atoms with Gasteiger partial charge in [-0.3, -0.25) is 14.7 Å². The summed E-state index contributed by atoms with van der Waals surface area (Å²) in [7, 11) is 1.90. The van der Waals surface area contributed by atoms with Crippen LogP contribution >= 0.6 is 0 Å². The zero-order valence-corrected chi connectivity index (χ0v) is 12.7. The van der Waals surface area contributed by atoms with Crippen LogP contribution in [-0.4, -0.2) is 62.4 Å². The number of H-pyrrole nitrogens is 1. The van der Waals surface area contributed by atoms with Gasteiger partial charge in [-0.15, -0.1) is 0 Å². The normalized spacial score (nSPS) is 18.1. The minimum atomic E-state index is -0.951. The lowest BCUT2D eigenvalue weighted by Crippen LogP contribution is -2.49. The molecule has 3 heterocycles. The second-order valence-corrected chi connectivity index (χ2v) is 5.50. The molecular formula is C15H18N4O4. The standard InChI is InChI=1S/C15H18N4O4/c1-18-4-2-3-13(18)11-8-12(17-16-11)15(22)19-5-6-23-9-10(19)7-14(20)21/h2-4,8,10H,5-7,9H2,1H3,(H,16,17)(H,20,21). The van der Waals surface area contributed by atoms with E-state index in [1.165, 1.54) is 0 Å². The van der Waals surface area contributed by atoms with Crippen molar-refractivity contribution in [3.05, 3.63) is 30.1 Å². The van der Waals surface area contributed by atoms with Crippen molar-refractivity contribution >= 4 is 11.9 Å². The number of aromatic nitrogens is 3. The Kier molecular flexibility index (Phi) is 4.16. The summed E-state index contributed by atoms with van der Waals surface area (Å²) in [5.41, 5.74) is 1.91. The summed E-state index contributed by atoms with van der Waals surface area (Å²) in [6.45, 7) is 1.01. The summed E-state index contributed by atoms with van der Waals surface area (Å²) in [5, 5.41) is 15.9. The van der Waals surface area contributed by atoms with Crippen molar-refractivity contribution in [1.82, 2.24) is 19.7 Å². The minimum Gasteiger partial charge on any atom is -0.481 e. The number of nitrogens with one attached hydrogen (secondary N) is 1. The van der Waals surface area contributed by atoms with E-state index >= 15 is 0 Å². The summed E-state index contributed by atoms with van der Waals surface area (Å²) in [6.07, 6.45) is 1.76. The van der Waals surface area contributed by atoms with E-state index in [0.717, 1.165) is 5.69 Å². The van der Waals surface area contributed by atoms with Gasteiger partial charge in [0, 0.05) is 19.8 Å². The third-order valence-electron chi connectivity index (χ3n) is 3.91. The maximum absolute atomic E-state index is 12.7. The molecular weight excluding hydrogens is 300 g/mol. The lowest BCUT2D eigenvalue weighted by molar-refractivity contribution is -0.139. The number of carbonyl (C=O) groups is 2. The molecule has 0 aliphatic carbocycles. The van der Waals surface area contributed by atoms with Crippen molar-refractivity contribution in [2.75, 3.05) is 19.8 Å². The van der Waals surface area contributed by atoms with Crippen LogP contribution in [0.4, 0.5) is 0 Å². The van der Waals surface area contributed by atoms with Gasteiger partial charge >= 0.3 is 5.97 Å². The van der Waals surface area contributed by atoms with Crippen LogP contribution in [0.2, 0.25) is 0 Å². The Hall–Kier alpha value is -2.61. The molecule has 2 aromatic rings. The highest BCUT2D eigenvalue weighted by Crippen LogP contribution is 2.20. The second-order valence-electron chi connectivity index (χ2n) is 5.50. The number of hydrogen-bond donors (Lipinski definition) is 2. The van der Waals surface area contributed by atoms with Gasteiger partial charge in [-0.25, -0.2) is 0 Å². The molecule has 0 aromatic carbocycles. The number of aromatic amines is 1. The molecule has 2 aromatic heterocycles. The minimum absolute atomic E-state index is 0.134. The van der Waals surface area contributed by atoms with Crippen molar-refractivity contribution in [1.29, 1.82) is 0 Å². The van der Waals surface area contributed by atoms with Gasteiger partial charge in [-0.1, -0.05) is 0 Å². The number of amides is 1. The summed E-state index contributed by atoms with van der Waals surface area (Å²) in [6, 6.07) is 5.03. The van der Waals surface area contributed by atoms with Crippen molar-refractivity contribution in [2.45, 2.75) is 12.5 Å². The summed E-state index contributed by atoms with van der Waals surface area (Å²) >= 11 is 0. The molecule has 3 rings (SSSR count). The van der Waals surface area contributed by atoms with Gasteiger partial charge in [-0.05, 0) is 18.2 Å². The number of carboxylic acids is 1. The maximum atomic E-state index is 12.7. The van der Waals surface area contributed by atoms with Crippen LogP contribution in [0.15, 0.2) is 24.4 Å². The Bertz CT molecular complexity index is 721.